The summed E-state index contributed by atoms with van der Waals surface area (Å²) < 4.78 is 1.89. The van der Waals surface area contributed by atoms with Crippen LogP contribution < -0.4 is 0 Å². The van der Waals surface area contributed by atoms with Gasteiger partial charge in [0, 0.05) is 17.0 Å². The van der Waals surface area contributed by atoms with Crippen molar-refractivity contribution in [2.45, 2.75) is 20.8 Å². The van der Waals surface area contributed by atoms with E-state index in [1.165, 1.54) is 0 Å². The van der Waals surface area contributed by atoms with Gasteiger partial charge in [0.15, 0.2) is 6.29 Å². The van der Waals surface area contributed by atoms with Crippen LogP contribution in [-0.4, -0.2) is 16.0 Å². The van der Waals surface area contributed by atoms with Crippen LogP contribution in [0.4, 0.5) is 0 Å². The summed E-state index contributed by atoms with van der Waals surface area (Å²) >= 11 is 0. The summed E-state index contributed by atoms with van der Waals surface area (Å²) in [6, 6.07) is 7.34. The Balaban J connectivity index is 2.68. The second-order valence-electron chi connectivity index (χ2n) is 4.27. The Labute approximate surface area is 100 Å². The molecule has 0 aliphatic heterocycles. The van der Waals surface area contributed by atoms with E-state index < -0.39 is 0 Å². The van der Waals surface area contributed by atoms with Crippen LogP contribution >= 0.6 is 0 Å². The number of aromatic nitrogens is 1. The summed E-state index contributed by atoms with van der Waals surface area (Å²) in [5.74, 6) is 0.226. The minimum Gasteiger partial charge on any atom is -0.506 e. The maximum Gasteiger partial charge on any atom is 0.151 e. The number of aryl methyl sites for hydroxylation is 2. The monoisotopic (exact) mass is 229 g/mol. The van der Waals surface area contributed by atoms with Gasteiger partial charge in [-0.05, 0) is 44.5 Å². The van der Waals surface area contributed by atoms with Gasteiger partial charge in [-0.1, -0.05) is 6.07 Å². The van der Waals surface area contributed by atoms with Crippen LogP contribution in [0.3, 0.4) is 0 Å². The van der Waals surface area contributed by atoms with Gasteiger partial charge in [0.05, 0.1) is 5.69 Å². The normalized spacial score (nSPS) is 10.5. The number of rotatable bonds is 2. The predicted molar refractivity (Wildman–Crippen MR) is 67.0 cm³/mol. The number of aromatic hydroxyl groups is 1. The lowest BCUT2D eigenvalue weighted by atomic mass is 10.2. The molecule has 0 atom stereocenters. The summed E-state index contributed by atoms with van der Waals surface area (Å²) in [6.45, 7) is 5.71. The summed E-state index contributed by atoms with van der Waals surface area (Å²) in [7, 11) is 0. The van der Waals surface area contributed by atoms with Crippen molar-refractivity contribution in [2.75, 3.05) is 0 Å². The zero-order valence-electron chi connectivity index (χ0n) is 10.2. The third kappa shape index (κ3) is 1.84. The van der Waals surface area contributed by atoms with Gasteiger partial charge in [0.1, 0.15) is 5.75 Å². The first-order chi connectivity index (χ1) is 8.04. The number of aldehydes is 1. The number of phenols is 1. The van der Waals surface area contributed by atoms with Gasteiger partial charge in [0.25, 0.3) is 0 Å². The standard InChI is InChI=1S/C14H15NO2/c1-9-4-5-13(14(17)6-9)15-10(2)7-12(8-16)11(15)3/h4-8,17H,1-3H3. The van der Waals surface area contributed by atoms with Crippen LogP contribution in [-0.2, 0) is 0 Å². The first kappa shape index (κ1) is 11.5. The average Bonchev–Trinajstić information content (AvgIpc) is 2.55. The van der Waals surface area contributed by atoms with Gasteiger partial charge in [-0.25, -0.2) is 0 Å². The Morgan fingerprint density at radius 1 is 1.18 bits per heavy atom. The van der Waals surface area contributed by atoms with E-state index in [1.54, 1.807) is 6.07 Å². The zero-order valence-corrected chi connectivity index (χ0v) is 10.2. The Morgan fingerprint density at radius 3 is 2.41 bits per heavy atom. The summed E-state index contributed by atoms with van der Waals surface area (Å²) in [4.78, 5) is 10.9. The minimum atomic E-state index is 0.226. The third-order valence-corrected chi connectivity index (χ3v) is 2.97. The van der Waals surface area contributed by atoms with Crippen LogP contribution in [0.2, 0.25) is 0 Å². The quantitative estimate of drug-likeness (QED) is 0.804. The number of carbonyl (C=O) groups excluding carboxylic acids is 1. The fourth-order valence-electron chi connectivity index (χ4n) is 2.10. The molecule has 0 saturated carbocycles. The molecule has 3 heteroatoms. The van der Waals surface area contributed by atoms with Crippen molar-refractivity contribution in [1.29, 1.82) is 0 Å². The molecule has 0 aliphatic carbocycles. The molecule has 2 aromatic rings. The van der Waals surface area contributed by atoms with Crippen LogP contribution in [0.1, 0.15) is 27.3 Å². The molecule has 88 valence electrons. The lowest BCUT2D eigenvalue weighted by molar-refractivity contribution is 0.112. The van der Waals surface area contributed by atoms with Gasteiger partial charge < -0.3 is 9.67 Å². The molecule has 3 nitrogen and oxygen atoms in total. The highest BCUT2D eigenvalue weighted by Crippen LogP contribution is 2.27. The summed E-state index contributed by atoms with van der Waals surface area (Å²) in [6.07, 6.45) is 0.837. The molecule has 2 rings (SSSR count). The highest BCUT2D eigenvalue weighted by Gasteiger charge is 2.12. The second kappa shape index (κ2) is 4.09. The molecule has 0 amide bonds. The molecule has 0 aliphatic rings. The summed E-state index contributed by atoms with van der Waals surface area (Å²) in [5, 5.41) is 9.97. The Kier molecular flexibility index (Phi) is 2.76. The number of carbonyl (C=O) groups is 1. The summed E-state index contributed by atoms with van der Waals surface area (Å²) in [5.41, 5.74) is 4.14. The molecular formula is C14H15NO2. The van der Waals surface area contributed by atoms with Gasteiger partial charge in [-0.15, -0.1) is 0 Å². The maximum atomic E-state index is 10.9. The Bertz CT molecular complexity index is 582. The molecule has 1 N–H and O–H groups in total. The smallest absolute Gasteiger partial charge is 0.151 e. The van der Waals surface area contributed by atoms with Crippen molar-refractivity contribution in [2.24, 2.45) is 0 Å². The molecule has 17 heavy (non-hydrogen) atoms. The predicted octanol–water partition coefficient (Wildman–Crippen LogP) is 2.92. The van der Waals surface area contributed by atoms with Gasteiger partial charge >= 0.3 is 0 Å². The van der Waals surface area contributed by atoms with E-state index in [9.17, 15) is 9.90 Å². The van der Waals surface area contributed by atoms with Crippen molar-refractivity contribution in [3.05, 3.63) is 46.8 Å². The van der Waals surface area contributed by atoms with E-state index in [0.717, 1.165) is 23.2 Å². The van der Waals surface area contributed by atoms with Gasteiger partial charge in [-0.3, -0.25) is 4.79 Å². The number of benzene rings is 1. The van der Waals surface area contributed by atoms with Crippen LogP contribution in [0, 0.1) is 20.8 Å². The first-order valence-corrected chi connectivity index (χ1v) is 5.48. The van der Waals surface area contributed by atoms with E-state index in [0.29, 0.717) is 11.3 Å². The number of nitrogens with zero attached hydrogens (tertiary/aromatic N) is 1. The van der Waals surface area contributed by atoms with Gasteiger partial charge in [0.2, 0.25) is 0 Å². The van der Waals surface area contributed by atoms with Crippen LogP contribution in [0.15, 0.2) is 24.3 Å². The molecule has 0 bridgehead atoms. The minimum absolute atomic E-state index is 0.226. The van der Waals surface area contributed by atoms with E-state index in [1.807, 2.05) is 43.5 Å². The lowest BCUT2D eigenvalue weighted by Crippen LogP contribution is -2.00. The molecule has 1 aromatic carbocycles. The molecule has 1 aromatic heterocycles. The first-order valence-electron chi connectivity index (χ1n) is 5.48. The van der Waals surface area contributed by atoms with Crippen molar-refractivity contribution in [1.82, 2.24) is 4.57 Å². The topological polar surface area (TPSA) is 42.2 Å². The fraction of sp³-hybridized carbons (Fsp3) is 0.214. The molecule has 0 unspecified atom stereocenters. The largest absolute Gasteiger partial charge is 0.506 e. The van der Waals surface area contributed by atoms with E-state index in [-0.39, 0.29) is 5.75 Å². The third-order valence-electron chi connectivity index (χ3n) is 2.97. The van der Waals surface area contributed by atoms with Crippen LogP contribution in [0.5, 0.6) is 5.75 Å². The van der Waals surface area contributed by atoms with Crippen molar-refractivity contribution >= 4 is 6.29 Å². The number of phenolic OH excluding ortho intramolecular Hbond substituents is 1. The fourth-order valence-corrected chi connectivity index (χ4v) is 2.10. The van der Waals surface area contributed by atoms with E-state index in [2.05, 4.69) is 0 Å². The molecular weight excluding hydrogens is 214 g/mol. The number of hydrogen-bond donors (Lipinski definition) is 1. The second-order valence-corrected chi connectivity index (χ2v) is 4.27. The highest BCUT2D eigenvalue weighted by molar-refractivity contribution is 5.78. The van der Waals surface area contributed by atoms with E-state index in [4.69, 9.17) is 0 Å². The van der Waals surface area contributed by atoms with Crippen molar-refractivity contribution in [3.8, 4) is 11.4 Å². The van der Waals surface area contributed by atoms with Gasteiger partial charge in [-0.2, -0.15) is 0 Å². The zero-order chi connectivity index (χ0) is 12.6. The van der Waals surface area contributed by atoms with E-state index >= 15 is 0 Å². The SMILES string of the molecule is Cc1ccc(-n2c(C)cc(C=O)c2C)c(O)c1. The Morgan fingerprint density at radius 2 is 1.88 bits per heavy atom. The molecule has 0 fully saturated rings. The Hall–Kier alpha value is -2.03. The molecule has 1 heterocycles. The van der Waals surface area contributed by atoms with Crippen molar-refractivity contribution < 1.29 is 9.90 Å². The maximum absolute atomic E-state index is 10.9. The molecule has 0 radical (unpaired) electrons. The number of hydrogen-bond acceptors (Lipinski definition) is 2. The molecule has 0 saturated heterocycles. The van der Waals surface area contributed by atoms with Crippen LogP contribution in [0.25, 0.3) is 5.69 Å². The lowest BCUT2D eigenvalue weighted by Gasteiger charge is -2.11. The average molecular weight is 229 g/mol. The highest BCUT2D eigenvalue weighted by atomic mass is 16.3. The van der Waals surface area contributed by atoms with Crippen molar-refractivity contribution in [3.63, 3.8) is 0 Å². The molecule has 0 spiro atoms.